The second-order valence-corrected chi connectivity index (χ2v) is 10.9. The maximum Gasteiger partial charge on any atom is 4.00 e. The van der Waals surface area contributed by atoms with Gasteiger partial charge in [0.2, 0.25) is 0 Å². The van der Waals surface area contributed by atoms with Gasteiger partial charge in [-0.2, -0.15) is 0 Å². The summed E-state index contributed by atoms with van der Waals surface area (Å²) in [5.74, 6) is 4.25. The molecule has 0 aliphatic rings. The van der Waals surface area contributed by atoms with E-state index in [9.17, 15) is 0 Å². The zero-order valence-electron chi connectivity index (χ0n) is 26.4. The maximum absolute atomic E-state index is 7.50. The fraction of sp³-hybridized carbons (Fsp3) is 0. The van der Waals surface area contributed by atoms with Crippen molar-refractivity contribution in [1.82, 2.24) is 0 Å². The van der Waals surface area contributed by atoms with Crippen LogP contribution in [0.2, 0.25) is 0 Å². The molecule has 6 aromatic carbocycles. The Labute approximate surface area is 340 Å². The summed E-state index contributed by atoms with van der Waals surface area (Å²) >= 11 is 0. The number of rotatable bonds is 12. The summed E-state index contributed by atoms with van der Waals surface area (Å²) in [6, 6.07) is 57.0. The van der Waals surface area contributed by atoms with Crippen LogP contribution in [0.15, 0.2) is 182 Å². The van der Waals surface area contributed by atoms with Gasteiger partial charge in [-0.05, 0) is 72.8 Å². The van der Waals surface area contributed by atoms with Crippen molar-refractivity contribution >= 4 is 24.0 Å². The summed E-state index contributed by atoms with van der Waals surface area (Å²) in [4.78, 5) is 7.50. The molecule has 0 saturated heterocycles. The molecule has 0 aliphatic carbocycles. The molecule has 7 nitrogen and oxygen atoms in total. The van der Waals surface area contributed by atoms with Crippen LogP contribution in [0.3, 0.4) is 0 Å². The molecular formula is C37H30Cl4IrO7P2. The Balaban J connectivity index is 0. The number of carbonyl (C=O) groups excluding carboxylic acids is 1. The van der Waals surface area contributed by atoms with Gasteiger partial charge in [0.05, 0.1) is 0 Å². The van der Waals surface area contributed by atoms with Crippen LogP contribution in [0.1, 0.15) is 0 Å². The van der Waals surface area contributed by atoms with Crippen LogP contribution in [-0.2, 0) is 24.9 Å². The smallest absolute Gasteiger partial charge is 1.00 e. The van der Waals surface area contributed by atoms with Gasteiger partial charge in [0.25, 0.3) is 6.79 Å². The van der Waals surface area contributed by atoms with E-state index in [-0.39, 0.29) is 69.7 Å². The molecule has 0 saturated carbocycles. The molecule has 0 heterocycles. The molecule has 3 radical (unpaired) electrons. The molecule has 0 spiro atoms. The molecule has 14 heteroatoms. The first-order valence-corrected chi connectivity index (χ1v) is 16.2. The summed E-state index contributed by atoms with van der Waals surface area (Å²) in [5, 5.41) is 0. The number of halogens is 4. The first kappa shape index (κ1) is 49.6. The van der Waals surface area contributed by atoms with E-state index >= 15 is 0 Å². The van der Waals surface area contributed by atoms with Gasteiger partial charge in [-0.3, -0.25) is 4.79 Å². The van der Waals surface area contributed by atoms with Gasteiger partial charge in [0, 0.05) is 0 Å². The van der Waals surface area contributed by atoms with Crippen LogP contribution >= 0.6 is 17.2 Å². The van der Waals surface area contributed by atoms with Crippen molar-refractivity contribution in [2.45, 2.75) is 0 Å². The quantitative estimate of drug-likeness (QED) is 0.139. The van der Waals surface area contributed by atoms with Gasteiger partial charge >= 0.3 is 37.3 Å². The first-order valence-electron chi connectivity index (χ1n) is 14.0. The predicted octanol–water partition coefficient (Wildman–Crippen LogP) is -1.48. The largest absolute Gasteiger partial charge is 4.00 e. The topological polar surface area (TPSA) is 72.5 Å². The van der Waals surface area contributed by atoms with Gasteiger partial charge < -0.3 is 76.8 Å². The number of hydrogen-bond acceptors (Lipinski definition) is 7. The van der Waals surface area contributed by atoms with E-state index in [0.29, 0.717) is 34.5 Å². The Kier molecular flexibility index (Phi) is 29.3. The average molecular weight is 983 g/mol. The normalized spacial score (nSPS) is 8.90. The van der Waals surface area contributed by atoms with Crippen molar-refractivity contribution < 1.29 is 102 Å². The van der Waals surface area contributed by atoms with E-state index < -0.39 is 17.2 Å². The van der Waals surface area contributed by atoms with Crippen LogP contribution in [-0.4, -0.2) is 6.79 Å². The van der Waals surface area contributed by atoms with Gasteiger partial charge in [-0.1, -0.05) is 109 Å². The second-order valence-electron chi connectivity index (χ2n) is 8.87. The molecule has 6 aromatic rings. The maximum atomic E-state index is 7.50. The molecule has 51 heavy (non-hydrogen) atoms. The van der Waals surface area contributed by atoms with Gasteiger partial charge in [-0.15, -0.1) is 0 Å². The minimum atomic E-state index is -1.59. The van der Waals surface area contributed by atoms with E-state index in [2.05, 4.69) is 6.79 Å². The predicted molar refractivity (Wildman–Crippen MR) is 182 cm³/mol. The molecule has 0 amide bonds. The molecular weight excluding hydrogens is 952 g/mol. The molecule has 0 bridgehead atoms. The summed E-state index contributed by atoms with van der Waals surface area (Å²) in [6.45, 7) is 4.50. The zero-order chi connectivity index (χ0) is 32.1. The van der Waals surface area contributed by atoms with Crippen LogP contribution in [0, 0.1) is 0 Å². The summed E-state index contributed by atoms with van der Waals surface area (Å²) in [7, 11) is -3.18. The Morgan fingerprint density at radius 2 is 0.392 bits per heavy atom. The molecule has 0 aromatic heterocycles. The summed E-state index contributed by atoms with van der Waals surface area (Å²) in [5.41, 5.74) is 0. The first-order chi connectivity index (χ1) is 22.8. The summed E-state index contributed by atoms with van der Waals surface area (Å²) in [6.07, 6.45) is 0. The minimum absolute atomic E-state index is 0. The van der Waals surface area contributed by atoms with Crippen LogP contribution in [0.4, 0.5) is 0 Å². The van der Waals surface area contributed by atoms with Crippen molar-refractivity contribution in [3.63, 3.8) is 0 Å². The third-order valence-corrected chi connectivity index (χ3v) is 7.70. The van der Waals surface area contributed by atoms with Crippen LogP contribution < -0.4 is 76.8 Å². The third-order valence-electron chi connectivity index (χ3n) is 5.54. The van der Waals surface area contributed by atoms with E-state index in [1.807, 2.05) is 182 Å². The molecule has 0 N–H and O–H groups in total. The minimum Gasteiger partial charge on any atom is -1.00 e. The second kappa shape index (κ2) is 30.1. The Morgan fingerprint density at radius 3 is 0.510 bits per heavy atom. The monoisotopic (exact) mass is 981 g/mol. The molecule has 0 atom stereocenters. The molecule has 0 unspecified atom stereocenters. The van der Waals surface area contributed by atoms with Gasteiger partial charge in [-0.25, -0.2) is 0 Å². The summed E-state index contributed by atoms with van der Waals surface area (Å²) < 4.78 is 35.1. The number of para-hydroxylation sites is 6. The van der Waals surface area contributed by atoms with Crippen molar-refractivity contribution in [3.8, 4) is 34.5 Å². The molecule has 0 fully saturated rings. The van der Waals surface area contributed by atoms with Crippen molar-refractivity contribution in [1.29, 1.82) is 0 Å². The molecule has 267 valence electrons. The van der Waals surface area contributed by atoms with E-state index in [1.165, 1.54) is 0 Å². The van der Waals surface area contributed by atoms with Crippen molar-refractivity contribution in [2.75, 3.05) is 0 Å². The van der Waals surface area contributed by atoms with Crippen LogP contribution in [0.25, 0.3) is 0 Å². The van der Waals surface area contributed by atoms with Gasteiger partial charge in [0.1, 0.15) is 34.5 Å². The number of benzene rings is 6. The SMILES string of the molecule is [C]=O.[Cl-].[Cl-].[Cl-].[Cl-].[Ir+4].c1ccc(OP(Oc2ccccc2)Oc2ccccc2)cc1.c1ccc(OP(Oc2ccccc2)Oc2ccccc2)cc1. The fourth-order valence-electron chi connectivity index (χ4n) is 3.52. The van der Waals surface area contributed by atoms with Crippen molar-refractivity contribution in [3.05, 3.63) is 182 Å². The number of hydrogen-bond donors (Lipinski definition) is 0. The van der Waals surface area contributed by atoms with Crippen LogP contribution in [0.5, 0.6) is 34.5 Å². The fourth-order valence-corrected chi connectivity index (χ4v) is 5.50. The molecule has 0 aliphatic heterocycles. The molecule has 6 rings (SSSR count). The van der Waals surface area contributed by atoms with Gasteiger partial charge in [0.15, 0.2) is 0 Å². The van der Waals surface area contributed by atoms with E-state index in [0.717, 1.165) is 0 Å². The van der Waals surface area contributed by atoms with E-state index in [1.54, 1.807) is 0 Å². The Hall–Kier alpha value is -3.54. The third kappa shape index (κ3) is 19.6. The average Bonchev–Trinajstić information content (AvgIpc) is 3.12. The van der Waals surface area contributed by atoms with E-state index in [4.69, 9.17) is 31.9 Å². The standard InChI is InChI=1S/2C18H15O3P.CO.4ClH.Ir/c2*1-4-10-16(11-5-1)19-22(20-17-12-6-2-7-13-17)21-18-14-8-3-9-15-18;1-2;;;;;/h2*1-15H;;4*1H;/q;;;;;;;+4/p-4. The Bertz CT molecular complexity index is 1320. The zero-order valence-corrected chi connectivity index (χ0v) is 33.6. The Morgan fingerprint density at radius 1 is 0.275 bits per heavy atom. The van der Waals surface area contributed by atoms with Crippen molar-refractivity contribution in [2.24, 2.45) is 0 Å².